The van der Waals surface area contributed by atoms with Crippen molar-refractivity contribution in [1.82, 2.24) is 20.3 Å². The lowest BCUT2D eigenvalue weighted by Crippen LogP contribution is -2.29. The number of anilines is 1. The summed E-state index contributed by atoms with van der Waals surface area (Å²) >= 11 is 0. The van der Waals surface area contributed by atoms with Crippen LogP contribution in [0.3, 0.4) is 0 Å². The minimum absolute atomic E-state index is 0.104. The summed E-state index contributed by atoms with van der Waals surface area (Å²) in [5.41, 5.74) is 10.8. The zero-order valence-electron chi connectivity index (χ0n) is 20.7. The Bertz CT molecular complexity index is 1370. The zero-order valence-corrected chi connectivity index (χ0v) is 20.7. The van der Waals surface area contributed by atoms with E-state index in [1.165, 1.54) is 29.5 Å². The standard InChI is InChI=1S/C30H30N6O/c37-30(33-26-10-9-25(32-19-26)15-21-6-2-1-3-7-21)29-27-16-23(8-11-28(27)34-35-29)24-14-22(17-31-18-24)20-36-12-4-5-13-36/h1-3,6-11,14,17-19,27,34H,4-5,12-13,15-16,20H2,(H,33,37). The first kappa shape index (κ1) is 23.3. The number of nitrogens with zero attached hydrogens (tertiary/aromatic N) is 4. The second-order valence-corrected chi connectivity index (χ2v) is 9.90. The molecule has 186 valence electrons. The Morgan fingerprint density at radius 1 is 1.00 bits per heavy atom. The molecule has 7 heteroatoms. The minimum Gasteiger partial charge on any atom is -0.319 e. The summed E-state index contributed by atoms with van der Waals surface area (Å²) in [5.74, 6) is -0.312. The molecule has 3 aromatic rings. The van der Waals surface area contributed by atoms with E-state index in [-0.39, 0.29) is 11.8 Å². The molecule has 1 unspecified atom stereocenters. The summed E-state index contributed by atoms with van der Waals surface area (Å²) in [5, 5.41) is 7.35. The average molecular weight is 491 g/mol. The first-order valence-electron chi connectivity index (χ1n) is 12.9. The van der Waals surface area contributed by atoms with E-state index in [1.54, 1.807) is 6.20 Å². The number of hydrazone groups is 1. The first-order valence-corrected chi connectivity index (χ1v) is 12.9. The van der Waals surface area contributed by atoms with E-state index in [0.29, 0.717) is 17.8 Å². The van der Waals surface area contributed by atoms with E-state index < -0.39 is 0 Å². The van der Waals surface area contributed by atoms with E-state index in [4.69, 9.17) is 0 Å². The summed E-state index contributed by atoms with van der Waals surface area (Å²) in [6.07, 6.45) is 13.7. The van der Waals surface area contributed by atoms with Crippen LogP contribution in [-0.4, -0.2) is 39.6 Å². The third-order valence-electron chi connectivity index (χ3n) is 7.21. The van der Waals surface area contributed by atoms with Crippen molar-refractivity contribution in [2.24, 2.45) is 11.0 Å². The second-order valence-electron chi connectivity index (χ2n) is 9.90. The number of carbonyl (C=O) groups is 1. The van der Waals surface area contributed by atoms with Gasteiger partial charge in [0.2, 0.25) is 0 Å². The van der Waals surface area contributed by atoms with Crippen LogP contribution >= 0.6 is 0 Å². The van der Waals surface area contributed by atoms with E-state index >= 15 is 0 Å². The normalized spacial score (nSPS) is 18.9. The number of pyridine rings is 2. The van der Waals surface area contributed by atoms with Gasteiger partial charge in [0.05, 0.1) is 17.8 Å². The molecule has 3 aliphatic rings. The highest BCUT2D eigenvalue weighted by molar-refractivity contribution is 6.44. The number of carbonyl (C=O) groups excluding carboxylic acids is 1. The molecular formula is C30H30N6O. The summed E-state index contributed by atoms with van der Waals surface area (Å²) in [4.78, 5) is 24.7. The highest BCUT2D eigenvalue weighted by atomic mass is 16.2. The lowest BCUT2D eigenvalue weighted by molar-refractivity contribution is -0.110. The highest BCUT2D eigenvalue weighted by Crippen LogP contribution is 2.34. The molecule has 6 rings (SSSR count). The lowest BCUT2D eigenvalue weighted by atomic mass is 9.85. The van der Waals surface area contributed by atoms with Crippen LogP contribution in [0.5, 0.6) is 0 Å². The Kier molecular flexibility index (Phi) is 6.60. The molecule has 2 aliphatic heterocycles. The molecule has 1 fully saturated rings. The Labute approximate surface area is 217 Å². The van der Waals surface area contributed by atoms with Crippen LogP contribution in [0.15, 0.2) is 90.1 Å². The number of allylic oxidation sites excluding steroid dienone is 4. The van der Waals surface area contributed by atoms with Crippen LogP contribution in [0.2, 0.25) is 0 Å². The molecule has 1 saturated heterocycles. The third kappa shape index (κ3) is 5.37. The minimum atomic E-state index is -0.208. The predicted molar refractivity (Wildman–Crippen MR) is 146 cm³/mol. The van der Waals surface area contributed by atoms with Gasteiger partial charge in [-0.3, -0.25) is 25.1 Å². The molecule has 1 atom stereocenters. The number of aromatic nitrogens is 2. The zero-order chi connectivity index (χ0) is 25.0. The highest BCUT2D eigenvalue weighted by Gasteiger charge is 2.34. The molecule has 1 aliphatic carbocycles. The van der Waals surface area contributed by atoms with Crippen LogP contribution in [0.1, 0.15) is 41.6 Å². The monoisotopic (exact) mass is 490 g/mol. The lowest BCUT2D eigenvalue weighted by Gasteiger charge is -2.20. The van der Waals surface area contributed by atoms with Gasteiger partial charge in [-0.15, -0.1) is 0 Å². The number of rotatable bonds is 7. The van der Waals surface area contributed by atoms with E-state index in [0.717, 1.165) is 43.0 Å². The maximum atomic E-state index is 13.2. The molecule has 1 aromatic carbocycles. The van der Waals surface area contributed by atoms with Gasteiger partial charge in [0.25, 0.3) is 5.91 Å². The van der Waals surface area contributed by atoms with Crippen LogP contribution in [0.4, 0.5) is 5.69 Å². The van der Waals surface area contributed by atoms with Gasteiger partial charge in [-0.2, -0.15) is 5.10 Å². The summed E-state index contributed by atoms with van der Waals surface area (Å²) in [7, 11) is 0. The SMILES string of the molecule is O=C(Nc1ccc(Cc2ccccc2)nc1)C1=NNC2=CC=C(c3cncc(CN4CCCC4)c3)CC21. The first-order chi connectivity index (χ1) is 18.2. The molecule has 4 heterocycles. The molecule has 2 aromatic heterocycles. The Hall–Kier alpha value is -4.10. The molecular weight excluding hydrogens is 460 g/mol. The van der Waals surface area contributed by atoms with Gasteiger partial charge in [-0.1, -0.05) is 36.4 Å². The fraction of sp³-hybridized carbons (Fsp3) is 0.267. The van der Waals surface area contributed by atoms with E-state index in [2.05, 4.69) is 55.0 Å². The Morgan fingerprint density at radius 3 is 2.68 bits per heavy atom. The summed E-state index contributed by atoms with van der Waals surface area (Å²) in [6, 6.07) is 16.3. The average Bonchev–Trinajstić information content (AvgIpc) is 3.60. The number of hydrogen-bond donors (Lipinski definition) is 2. The van der Waals surface area contributed by atoms with Crippen molar-refractivity contribution in [2.45, 2.75) is 32.2 Å². The van der Waals surface area contributed by atoms with Gasteiger partial charge in [0.1, 0.15) is 5.71 Å². The molecule has 0 bridgehead atoms. The van der Waals surface area contributed by atoms with Gasteiger partial charge in [-0.05, 0) is 78.9 Å². The Balaban J connectivity index is 1.10. The van der Waals surface area contributed by atoms with Gasteiger partial charge >= 0.3 is 0 Å². The van der Waals surface area contributed by atoms with Crippen molar-refractivity contribution in [3.05, 3.63) is 107 Å². The smallest absolute Gasteiger partial charge is 0.272 e. The maximum Gasteiger partial charge on any atom is 0.272 e. The van der Waals surface area contributed by atoms with Gasteiger partial charge < -0.3 is 5.32 Å². The van der Waals surface area contributed by atoms with Crippen molar-refractivity contribution in [1.29, 1.82) is 0 Å². The van der Waals surface area contributed by atoms with E-state index in [1.807, 2.05) is 48.8 Å². The second kappa shape index (κ2) is 10.5. The molecule has 0 spiro atoms. The number of hydrogen-bond acceptors (Lipinski definition) is 6. The van der Waals surface area contributed by atoms with Gasteiger partial charge in [0.15, 0.2) is 0 Å². The Morgan fingerprint density at radius 2 is 1.86 bits per heavy atom. The predicted octanol–water partition coefficient (Wildman–Crippen LogP) is 4.55. The van der Waals surface area contributed by atoms with Crippen molar-refractivity contribution in [3.8, 4) is 0 Å². The van der Waals surface area contributed by atoms with Crippen molar-refractivity contribution < 1.29 is 4.79 Å². The molecule has 1 amide bonds. The molecule has 0 saturated carbocycles. The summed E-state index contributed by atoms with van der Waals surface area (Å²) < 4.78 is 0. The fourth-order valence-electron chi connectivity index (χ4n) is 5.24. The summed E-state index contributed by atoms with van der Waals surface area (Å²) in [6.45, 7) is 3.26. The molecule has 0 radical (unpaired) electrons. The van der Waals surface area contributed by atoms with Gasteiger partial charge in [0, 0.05) is 36.8 Å². The quantitative estimate of drug-likeness (QED) is 0.508. The molecule has 37 heavy (non-hydrogen) atoms. The van der Waals surface area contributed by atoms with E-state index in [9.17, 15) is 4.79 Å². The number of amides is 1. The van der Waals surface area contributed by atoms with Crippen molar-refractivity contribution in [2.75, 3.05) is 18.4 Å². The molecule has 2 N–H and O–H groups in total. The van der Waals surface area contributed by atoms with Crippen LogP contribution < -0.4 is 10.7 Å². The number of benzene rings is 1. The van der Waals surface area contributed by atoms with Crippen LogP contribution in [0.25, 0.3) is 5.57 Å². The number of nitrogens with one attached hydrogen (secondary N) is 2. The topological polar surface area (TPSA) is 82.5 Å². The molecule has 7 nitrogen and oxygen atoms in total. The van der Waals surface area contributed by atoms with Crippen LogP contribution in [-0.2, 0) is 17.8 Å². The van der Waals surface area contributed by atoms with Crippen LogP contribution in [0, 0.1) is 5.92 Å². The third-order valence-corrected chi connectivity index (χ3v) is 7.21. The maximum absolute atomic E-state index is 13.2. The number of likely N-dealkylation sites (tertiary alicyclic amines) is 1. The fourth-order valence-corrected chi connectivity index (χ4v) is 5.24. The van der Waals surface area contributed by atoms with Crippen molar-refractivity contribution >= 4 is 22.9 Å². The van der Waals surface area contributed by atoms with Gasteiger partial charge in [-0.25, -0.2) is 0 Å². The van der Waals surface area contributed by atoms with Crippen molar-refractivity contribution in [3.63, 3.8) is 0 Å². The largest absolute Gasteiger partial charge is 0.319 e. The number of fused-ring (bicyclic) bond motifs is 1.